The predicted octanol–water partition coefficient (Wildman–Crippen LogP) is 3.09. The molecular formula is C20H26FN3O. The highest BCUT2D eigenvalue weighted by Crippen LogP contribution is 2.60. The van der Waals surface area contributed by atoms with Crippen LogP contribution in [0.3, 0.4) is 0 Å². The van der Waals surface area contributed by atoms with Gasteiger partial charge in [0.15, 0.2) is 0 Å². The van der Waals surface area contributed by atoms with Crippen LogP contribution in [0.5, 0.6) is 0 Å². The molecule has 4 nitrogen and oxygen atoms in total. The molecule has 4 bridgehead atoms. The summed E-state index contributed by atoms with van der Waals surface area (Å²) in [5.41, 5.74) is -0.0476. The number of hydrogen-bond donors (Lipinski definition) is 0. The molecule has 5 heteroatoms. The summed E-state index contributed by atoms with van der Waals surface area (Å²) in [7, 11) is 0. The van der Waals surface area contributed by atoms with Crippen molar-refractivity contribution < 1.29 is 9.18 Å². The van der Waals surface area contributed by atoms with E-state index in [1.54, 1.807) is 6.07 Å². The van der Waals surface area contributed by atoms with Gasteiger partial charge in [0, 0.05) is 26.2 Å². The third-order valence-electron chi connectivity index (χ3n) is 7.08. The zero-order valence-corrected chi connectivity index (χ0v) is 14.7. The van der Waals surface area contributed by atoms with Gasteiger partial charge in [-0.3, -0.25) is 4.79 Å². The Morgan fingerprint density at radius 1 is 1.00 bits per heavy atom. The highest BCUT2D eigenvalue weighted by molar-refractivity contribution is 5.83. The van der Waals surface area contributed by atoms with Crippen molar-refractivity contribution in [2.75, 3.05) is 31.1 Å². The number of pyridine rings is 1. The molecule has 1 aromatic rings. The van der Waals surface area contributed by atoms with E-state index < -0.39 is 5.95 Å². The number of carbonyl (C=O) groups is 1. The van der Waals surface area contributed by atoms with Crippen LogP contribution in [-0.2, 0) is 4.79 Å². The lowest BCUT2D eigenvalue weighted by atomic mass is 9.49. The highest BCUT2D eigenvalue weighted by Gasteiger charge is 2.55. The van der Waals surface area contributed by atoms with E-state index in [1.807, 2.05) is 6.07 Å². The first kappa shape index (κ1) is 15.6. The van der Waals surface area contributed by atoms with Crippen LogP contribution in [0.25, 0.3) is 0 Å². The number of carbonyl (C=O) groups excluding carboxylic acids is 1. The average Bonchev–Trinajstić information content (AvgIpc) is 2.60. The van der Waals surface area contributed by atoms with E-state index in [4.69, 9.17) is 0 Å². The molecule has 0 spiro atoms. The Kier molecular flexibility index (Phi) is 3.54. The Morgan fingerprint density at radius 2 is 1.60 bits per heavy atom. The van der Waals surface area contributed by atoms with Crippen molar-refractivity contribution in [2.45, 2.75) is 38.5 Å². The topological polar surface area (TPSA) is 36.4 Å². The van der Waals surface area contributed by atoms with E-state index >= 15 is 0 Å². The van der Waals surface area contributed by atoms with Gasteiger partial charge in [-0.2, -0.15) is 4.39 Å². The summed E-state index contributed by atoms with van der Waals surface area (Å²) in [6, 6.07) is 4.92. The van der Waals surface area contributed by atoms with Gasteiger partial charge in [0.25, 0.3) is 0 Å². The molecule has 4 saturated carbocycles. The van der Waals surface area contributed by atoms with Crippen LogP contribution < -0.4 is 4.90 Å². The largest absolute Gasteiger partial charge is 0.353 e. The van der Waals surface area contributed by atoms with Crippen molar-refractivity contribution in [2.24, 2.45) is 23.2 Å². The normalized spacial score (nSPS) is 36.8. The summed E-state index contributed by atoms with van der Waals surface area (Å²) in [6.45, 7) is 2.96. The fraction of sp³-hybridized carbons (Fsp3) is 0.700. The van der Waals surface area contributed by atoms with Crippen LogP contribution in [0.4, 0.5) is 10.2 Å². The van der Waals surface area contributed by atoms with Gasteiger partial charge >= 0.3 is 0 Å². The van der Waals surface area contributed by atoms with Crippen LogP contribution in [0.2, 0.25) is 0 Å². The van der Waals surface area contributed by atoms with E-state index in [1.165, 1.54) is 25.3 Å². The minimum Gasteiger partial charge on any atom is -0.353 e. The Labute approximate surface area is 148 Å². The van der Waals surface area contributed by atoms with Crippen molar-refractivity contribution >= 4 is 11.7 Å². The van der Waals surface area contributed by atoms with Gasteiger partial charge in [0.05, 0.1) is 5.41 Å². The molecule has 5 fully saturated rings. The molecule has 6 rings (SSSR count). The van der Waals surface area contributed by atoms with Gasteiger partial charge in [0.2, 0.25) is 11.9 Å². The van der Waals surface area contributed by atoms with Gasteiger partial charge in [-0.25, -0.2) is 4.98 Å². The minimum absolute atomic E-state index is 0.0476. The summed E-state index contributed by atoms with van der Waals surface area (Å²) in [6.07, 6.45) is 7.49. The van der Waals surface area contributed by atoms with Crippen molar-refractivity contribution in [3.8, 4) is 0 Å². The molecule has 0 radical (unpaired) electrons. The molecule has 25 heavy (non-hydrogen) atoms. The van der Waals surface area contributed by atoms with Gasteiger partial charge in [-0.1, -0.05) is 6.07 Å². The van der Waals surface area contributed by atoms with Crippen LogP contribution in [-0.4, -0.2) is 42.0 Å². The first-order valence-corrected chi connectivity index (χ1v) is 9.78. The third kappa shape index (κ3) is 2.63. The van der Waals surface area contributed by atoms with Crippen LogP contribution in [0, 0.1) is 29.1 Å². The number of anilines is 1. The Bertz CT molecular complexity index is 648. The number of aromatic nitrogens is 1. The number of hydrogen-bond acceptors (Lipinski definition) is 3. The Balaban J connectivity index is 1.27. The summed E-state index contributed by atoms with van der Waals surface area (Å²) in [5.74, 6) is 3.05. The van der Waals surface area contributed by atoms with Crippen molar-refractivity contribution in [3.63, 3.8) is 0 Å². The van der Waals surface area contributed by atoms with Gasteiger partial charge < -0.3 is 9.80 Å². The van der Waals surface area contributed by atoms with E-state index in [0.717, 1.165) is 63.2 Å². The number of nitrogens with zero attached hydrogens (tertiary/aromatic N) is 3. The quantitative estimate of drug-likeness (QED) is 0.774. The maximum absolute atomic E-state index is 13.4. The lowest BCUT2D eigenvalue weighted by Gasteiger charge is -2.57. The summed E-state index contributed by atoms with van der Waals surface area (Å²) in [5, 5.41) is 0. The maximum Gasteiger partial charge on any atom is 0.228 e. The molecule has 0 aromatic carbocycles. The molecule has 1 aromatic heterocycles. The molecule has 0 N–H and O–H groups in total. The SMILES string of the molecule is O=C(N1CCN(c2cccc(F)n2)CC1)C12CC3CC(CC(C3)C1)C2. The lowest BCUT2D eigenvalue weighted by Crippen LogP contribution is -2.58. The first-order valence-electron chi connectivity index (χ1n) is 9.78. The zero-order valence-electron chi connectivity index (χ0n) is 14.7. The second-order valence-electron chi connectivity index (χ2n) is 8.80. The van der Waals surface area contributed by atoms with E-state index in [0.29, 0.717) is 11.7 Å². The number of halogens is 1. The lowest BCUT2D eigenvalue weighted by molar-refractivity contribution is -0.158. The van der Waals surface area contributed by atoms with E-state index in [-0.39, 0.29) is 5.41 Å². The molecule has 4 aliphatic carbocycles. The van der Waals surface area contributed by atoms with Crippen LogP contribution >= 0.6 is 0 Å². The molecule has 134 valence electrons. The fourth-order valence-corrected chi connectivity index (χ4v) is 6.42. The molecule has 5 aliphatic rings. The molecule has 1 saturated heterocycles. The molecule has 0 unspecified atom stereocenters. The maximum atomic E-state index is 13.4. The number of amides is 1. The van der Waals surface area contributed by atoms with Gasteiger partial charge in [0.1, 0.15) is 5.82 Å². The number of piperazine rings is 1. The van der Waals surface area contributed by atoms with E-state index in [9.17, 15) is 9.18 Å². The molecule has 1 amide bonds. The summed E-state index contributed by atoms with van der Waals surface area (Å²) < 4.78 is 13.3. The molecule has 1 aliphatic heterocycles. The van der Waals surface area contributed by atoms with Gasteiger partial charge in [-0.05, 0) is 68.4 Å². The Hall–Kier alpha value is -1.65. The minimum atomic E-state index is -0.440. The van der Waals surface area contributed by atoms with Crippen molar-refractivity contribution in [1.82, 2.24) is 9.88 Å². The smallest absolute Gasteiger partial charge is 0.228 e. The zero-order chi connectivity index (χ0) is 17.0. The van der Waals surface area contributed by atoms with Crippen molar-refractivity contribution in [3.05, 3.63) is 24.1 Å². The second kappa shape index (κ2) is 5.68. The third-order valence-corrected chi connectivity index (χ3v) is 7.08. The summed E-state index contributed by atoms with van der Waals surface area (Å²) >= 11 is 0. The van der Waals surface area contributed by atoms with Crippen molar-refractivity contribution in [1.29, 1.82) is 0 Å². The van der Waals surface area contributed by atoms with Crippen LogP contribution in [0.15, 0.2) is 18.2 Å². The highest BCUT2D eigenvalue weighted by atomic mass is 19.1. The van der Waals surface area contributed by atoms with E-state index in [2.05, 4.69) is 14.8 Å². The second-order valence-corrected chi connectivity index (χ2v) is 8.80. The Morgan fingerprint density at radius 3 is 2.16 bits per heavy atom. The number of rotatable bonds is 2. The first-order chi connectivity index (χ1) is 12.1. The standard InChI is InChI=1S/C20H26FN3O/c21-17-2-1-3-18(22-17)23-4-6-24(7-5-23)19(25)20-11-14-8-15(12-20)10-16(9-14)13-20/h1-3,14-16H,4-13H2. The fourth-order valence-electron chi connectivity index (χ4n) is 6.42. The molecular weight excluding hydrogens is 317 g/mol. The molecule has 2 heterocycles. The monoisotopic (exact) mass is 343 g/mol. The molecule has 0 atom stereocenters. The average molecular weight is 343 g/mol. The summed E-state index contributed by atoms with van der Waals surface area (Å²) in [4.78, 5) is 21.5. The van der Waals surface area contributed by atoms with Crippen LogP contribution in [0.1, 0.15) is 38.5 Å². The van der Waals surface area contributed by atoms with Gasteiger partial charge in [-0.15, -0.1) is 0 Å². The predicted molar refractivity (Wildman–Crippen MR) is 93.6 cm³/mol.